The lowest BCUT2D eigenvalue weighted by molar-refractivity contribution is -0.132. The summed E-state index contributed by atoms with van der Waals surface area (Å²) in [6.07, 6.45) is 3.81. The highest BCUT2D eigenvalue weighted by Gasteiger charge is 2.24. The quantitative estimate of drug-likeness (QED) is 0.851. The zero-order valence-electron chi connectivity index (χ0n) is 14.2. The Labute approximate surface area is 142 Å². The third-order valence-electron chi connectivity index (χ3n) is 4.41. The number of carbonyl (C=O) groups excluding carboxylic acids is 1. The van der Waals surface area contributed by atoms with Crippen LogP contribution in [0, 0.1) is 6.92 Å². The molecule has 1 aliphatic heterocycles. The van der Waals surface area contributed by atoms with Crippen molar-refractivity contribution in [3.63, 3.8) is 0 Å². The highest BCUT2D eigenvalue weighted by atomic mass is 16.5. The summed E-state index contributed by atoms with van der Waals surface area (Å²) in [6, 6.07) is 7.90. The summed E-state index contributed by atoms with van der Waals surface area (Å²) in [7, 11) is 1.83. The molecule has 1 amide bonds. The van der Waals surface area contributed by atoms with Gasteiger partial charge in [0.05, 0.1) is 18.8 Å². The van der Waals surface area contributed by atoms with Crippen LogP contribution in [0.5, 0.6) is 5.75 Å². The third kappa shape index (κ3) is 3.76. The summed E-state index contributed by atoms with van der Waals surface area (Å²) in [5.41, 5.74) is 3.17. The second-order valence-corrected chi connectivity index (χ2v) is 6.19. The van der Waals surface area contributed by atoms with Crippen LogP contribution in [0.3, 0.4) is 0 Å². The fraction of sp³-hybridized carbons (Fsp3) is 0.444. The Bertz CT molecular complexity index is 692. The number of ether oxygens (including phenoxy) is 1. The summed E-state index contributed by atoms with van der Waals surface area (Å²) in [6.45, 7) is 3.98. The van der Waals surface area contributed by atoms with Crippen LogP contribution in [0.15, 0.2) is 30.5 Å². The van der Waals surface area contributed by atoms with Crippen molar-refractivity contribution in [3.8, 4) is 16.9 Å². The van der Waals surface area contributed by atoms with Gasteiger partial charge < -0.3 is 15.0 Å². The summed E-state index contributed by atoms with van der Waals surface area (Å²) in [5.74, 6) is 0.951. The number of benzene rings is 1. The maximum atomic E-state index is 12.2. The second kappa shape index (κ2) is 7.49. The van der Waals surface area contributed by atoms with Crippen LogP contribution in [-0.4, -0.2) is 53.8 Å². The Balaban J connectivity index is 1.53. The molecule has 24 heavy (non-hydrogen) atoms. The van der Waals surface area contributed by atoms with Crippen LogP contribution in [0.25, 0.3) is 11.1 Å². The maximum absolute atomic E-state index is 12.2. The molecule has 0 spiro atoms. The van der Waals surface area contributed by atoms with Gasteiger partial charge in [0.2, 0.25) is 5.91 Å². The molecule has 6 heteroatoms. The molecule has 1 aromatic carbocycles. The Morgan fingerprint density at radius 2 is 2.33 bits per heavy atom. The van der Waals surface area contributed by atoms with Crippen molar-refractivity contribution >= 4 is 5.91 Å². The normalized spacial score (nSPS) is 17.0. The van der Waals surface area contributed by atoms with Crippen LogP contribution < -0.4 is 10.1 Å². The molecule has 0 bridgehead atoms. The summed E-state index contributed by atoms with van der Waals surface area (Å²) < 4.78 is 5.82. The molecule has 2 heterocycles. The number of H-pyrrole nitrogens is 1. The van der Waals surface area contributed by atoms with E-state index in [2.05, 4.69) is 15.5 Å². The smallest absolute Gasteiger partial charge is 0.239 e. The predicted molar refractivity (Wildman–Crippen MR) is 92.9 cm³/mol. The first kappa shape index (κ1) is 16.5. The van der Waals surface area contributed by atoms with Gasteiger partial charge in [-0.1, -0.05) is 12.1 Å². The van der Waals surface area contributed by atoms with Gasteiger partial charge in [-0.05, 0) is 44.0 Å². The molecule has 6 nitrogen and oxygen atoms in total. The first-order valence-electron chi connectivity index (χ1n) is 8.36. The minimum Gasteiger partial charge on any atom is -0.492 e. The van der Waals surface area contributed by atoms with Crippen LogP contribution >= 0.6 is 0 Å². The van der Waals surface area contributed by atoms with Gasteiger partial charge in [-0.15, -0.1) is 0 Å². The maximum Gasteiger partial charge on any atom is 0.239 e. The topological polar surface area (TPSA) is 70.2 Å². The summed E-state index contributed by atoms with van der Waals surface area (Å²) >= 11 is 0. The number of aromatic nitrogens is 2. The van der Waals surface area contributed by atoms with Crippen molar-refractivity contribution in [1.82, 2.24) is 20.4 Å². The van der Waals surface area contributed by atoms with E-state index in [0.29, 0.717) is 13.2 Å². The van der Waals surface area contributed by atoms with Gasteiger partial charge in [0.15, 0.2) is 0 Å². The van der Waals surface area contributed by atoms with Crippen molar-refractivity contribution in [3.05, 3.63) is 36.2 Å². The van der Waals surface area contributed by atoms with Crippen LogP contribution in [0.4, 0.5) is 0 Å². The molecule has 1 aliphatic rings. The van der Waals surface area contributed by atoms with Crippen molar-refractivity contribution in [1.29, 1.82) is 0 Å². The lowest BCUT2D eigenvalue weighted by atomic mass is 10.1. The van der Waals surface area contributed by atoms with Gasteiger partial charge in [0.25, 0.3) is 0 Å². The van der Waals surface area contributed by atoms with Crippen LogP contribution in [0.2, 0.25) is 0 Å². The zero-order valence-corrected chi connectivity index (χ0v) is 14.2. The lowest BCUT2D eigenvalue weighted by Gasteiger charge is -2.21. The van der Waals surface area contributed by atoms with Gasteiger partial charge >= 0.3 is 0 Å². The Kier molecular flexibility index (Phi) is 5.15. The van der Waals surface area contributed by atoms with Gasteiger partial charge in [0.1, 0.15) is 12.4 Å². The number of hydrogen-bond acceptors (Lipinski definition) is 4. The number of hydrogen-bond donors (Lipinski definition) is 2. The van der Waals surface area contributed by atoms with E-state index in [0.717, 1.165) is 42.0 Å². The molecule has 3 rings (SSSR count). The molecule has 0 saturated carbocycles. The number of aromatic amines is 1. The first-order valence-corrected chi connectivity index (χ1v) is 8.36. The molecular weight excluding hydrogens is 304 g/mol. The SMILES string of the molecule is Cc1[nH]ncc1-c1cccc(OCCN(C)C(=O)[C@@H]2CCCN2)c1. The Morgan fingerprint density at radius 1 is 1.46 bits per heavy atom. The van der Waals surface area contributed by atoms with E-state index in [9.17, 15) is 4.79 Å². The molecule has 0 unspecified atom stereocenters. The monoisotopic (exact) mass is 328 g/mol. The predicted octanol–water partition coefficient (Wildman–Crippen LogP) is 1.97. The van der Waals surface area contributed by atoms with Crippen LogP contribution in [-0.2, 0) is 4.79 Å². The first-order chi connectivity index (χ1) is 11.6. The molecule has 2 aromatic rings. The van der Waals surface area contributed by atoms with E-state index >= 15 is 0 Å². The second-order valence-electron chi connectivity index (χ2n) is 6.19. The fourth-order valence-electron chi connectivity index (χ4n) is 2.97. The molecular formula is C18H24N4O2. The third-order valence-corrected chi connectivity index (χ3v) is 4.41. The highest BCUT2D eigenvalue weighted by Crippen LogP contribution is 2.25. The standard InChI is InChI=1S/C18H24N4O2/c1-13-16(12-20-21-13)14-5-3-6-15(11-14)24-10-9-22(2)18(23)17-7-4-8-19-17/h3,5-6,11-12,17,19H,4,7-10H2,1-2H3,(H,20,21)/t17-/m0/s1. The van der Waals surface area contributed by atoms with E-state index in [-0.39, 0.29) is 11.9 Å². The van der Waals surface area contributed by atoms with Crippen molar-refractivity contribution in [2.75, 3.05) is 26.7 Å². The van der Waals surface area contributed by atoms with Gasteiger partial charge in [-0.2, -0.15) is 5.10 Å². The fourth-order valence-corrected chi connectivity index (χ4v) is 2.97. The van der Waals surface area contributed by atoms with Gasteiger partial charge in [-0.25, -0.2) is 0 Å². The molecule has 1 aromatic heterocycles. The minimum absolute atomic E-state index is 0.0256. The Hall–Kier alpha value is -2.34. The summed E-state index contributed by atoms with van der Waals surface area (Å²) in [5, 5.41) is 10.2. The molecule has 1 fully saturated rings. The molecule has 2 N–H and O–H groups in total. The van der Waals surface area contributed by atoms with Gasteiger partial charge in [-0.3, -0.25) is 9.89 Å². The zero-order chi connectivity index (χ0) is 16.9. The van der Waals surface area contributed by atoms with Crippen LogP contribution in [0.1, 0.15) is 18.5 Å². The molecule has 1 saturated heterocycles. The number of nitrogens with one attached hydrogen (secondary N) is 2. The molecule has 0 radical (unpaired) electrons. The average molecular weight is 328 g/mol. The molecule has 0 aliphatic carbocycles. The average Bonchev–Trinajstić information content (AvgIpc) is 3.26. The van der Waals surface area contributed by atoms with E-state index in [1.54, 1.807) is 4.90 Å². The number of amides is 1. The molecule has 128 valence electrons. The van der Waals surface area contributed by atoms with Crippen molar-refractivity contribution < 1.29 is 9.53 Å². The number of nitrogens with zero attached hydrogens (tertiary/aromatic N) is 2. The van der Waals surface area contributed by atoms with E-state index < -0.39 is 0 Å². The van der Waals surface area contributed by atoms with Crippen molar-refractivity contribution in [2.24, 2.45) is 0 Å². The molecule has 1 atom stereocenters. The largest absolute Gasteiger partial charge is 0.492 e. The number of likely N-dealkylation sites (N-methyl/N-ethyl adjacent to an activating group) is 1. The summed E-state index contributed by atoms with van der Waals surface area (Å²) in [4.78, 5) is 14.0. The van der Waals surface area contributed by atoms with Crippen molar-refractivity contribution in [2.45, 2.75) is 25.8 Å². The lowest BCUT2D eigenvalue weighted by Crippen LogP contribution is -2.43. The minimum atomic E-state index is -0.0256. The van der Waals surface area contributed by atoms with E-state index in [1.807, 2.05) is 44.4 Å². The van der Waals surface area contributed by atoms with E-state index in [1.165, 1.54) is 0 Å². The Morgan fingerprint density at radius 3 is 3.04 bits per heavy atom. The van der Waals surface area contributed by atoms with Gasteiger partial charge in [0, 0.05) is 18.3 Å². The number of aryl methyl sites for hydroxylation is 1. The highest BCUT2D eigenvalue weighted by molar-refractivity contribution is 5.81. The number of rotatable bonds is 6. The van der Waals surface area contributed by atoms with E-state index in [4.69, 9.17) is 4.74 Å². The number of carbonyl (C=O) groups is 1.